The number of Topliss-reactive ketones (excluding diaryl/α,β-unsaturated/α-hetero) is 2. The lowest BCUT2D eigenvalue weighted by Crippen LogP contribution is -2.44. The molecule has 360 valence electrons. The Morgan fingerprint density at radius 1 is 0.721 bits per heavy atom. The molecule has 3 unspecified atom stereocenters. The predicted molar refractivity (Wildman–Crippen MR) is 265 cm³/mol. The van der Waals surface area contributed by atoms with Crippen molar-refractivity contribution in [1.82, 2.24) is 0 Å². The third kappa shape index (κ3) is 13.7. The molecule has 0 fully saturated rings. The molecule has 3 aliphatic rings. The molecule has 0 bridgehead atoms. The summed E-state index contributed by atoms with van der Waals surface area (Å²) in [4.78, 5) is 48.0. The number of carbonyl (C=O) groups excluding carboxylic acids is 3. The number of hydrogen-bond acceptors (Lipinski definition) is 9. The number of allylic oxidation sites excluding steroid dienone is 4. The third-order valence-corrected chi connectivity index (χ3v) is 12.6. The number of carbonyl (C=O) groups is 4. The lowest BCUT2D eigenvalue weighted by atomic mass is 9.82. The molecule has 0 saturated heterocycles. The highest BCUT2D eigenvalue weighted by Gasteiger charge is 2.48. The van der Waals surface area contributed by atoms with Crippen molar-refractivity contribution in [2.75, 3.05) is 0 Å². The number of aromatic hydroxyl groups is 3. The van der Waals surface area contributed by atoms with E-state index in [0.29, 0.717) is 46.4 Å². The minimum Gasteiger partial charge on any atom is -0.507 e. The summed E-state index contributed by atoms with van der Waals surface area (Å²) in [5.74, 6) is 1.83. The molecule has 1 aliphatic heterocycles. The first-order chi connectivity index (χ1) is 32.6. The van der Waals surface area contributed by atoms with Gasteiger partial charge in [0.15, 0.2) is 0 Å². The molecule has 68 heavy (non-hydrogen) atoms. The molecular weight excluding hydrogens is 857 g/mol. The zero-order valence-corrected chi connectivity index (χ0v) is 40.6. The summed E-state index contributed by atoms with van der Waals surface area (Å²) < 4.78 is 12.5. The van der Waals surface area contributed by atoms with Crippen LogP contribution >= 0.6 is 0 Å². The van der Waals surface area contributed by atoms with E-state index in [-0.39, 0.29) is 52.6 Å². The monoisotopic (exact) mass is 924 g/mol. The molecule has 10 nitrogen and oxygen atoms in total. The van der Waals surface area contributed by atoms with E-state index in [9.17, 15) is 39.6 Å². The van der Waals surface area contributed by atoms with Gasteiger partial charge in [-0.05, 0) is 126 Å². The maximum absolute atomic E-state index is 13.6. The van der Waals surface area contributed by atoms with Crippen molar-refractivity contribution in [2.45, 2.75) is 155 Å². The van der Waals surface area contributed by atoms with Crippen molar-refractivity contribution < 1.29 is 49.1 Å². The highest BCUT2D eigenvalue weighted by atomic mass is 16.7. The van der Waals surface area contributed by atoms with Crippen LogP contribution in [0, 0.1) is 11.8 Å². The molecule has 3 atom stereocenters. The minimum absolute atomic E-state index is 0.00921. The number of ketones is 2. The number of aromatic carboxylic acids is 1. The fourth-order valence-corrected chi connectivity index (χ4v) is 9.31. The van der Waals surface area contributed by atoms with Gasteiger partial charge in [-0.15, -0.1) is 0 Å². The van der Waals surface area contributed by atoms with Crippen LogP contribution in [0.25, 0.3) is 0 Å². The van der Waals surface area contributed by atoms with Crippen LogP contribution in [-0.2, 0) is 33.0 Å². The predicted octanol–water partition coefficient (Wildman–Crippen LogP) is 13.1. The van der Waals surface area contributed by atoms with E-state index in [4.69, 9.17) is 9.47 Å². The fourth-order valence-electron chi connectivity index (χ4n) is 9.31. The maximum atomic E-state index is 13.6. The number of aryl methyl sites for hydroxylation is 2. The number of esters is 1. The molecule has 2 aliphatic carbocycles. The molecule has 1 heterocycles. The second kappa shape index (κ2) is 25.0. The van der Waals surface area contributed by atoms with Crippen LogP contribution < -0.4 is 4.74 Å². The molecule has 0 radical (unpaired) electrons. The van der Waals surface area contributed by atoms with Gasteiger partial charge in [0.05, 0.1) is 6.42 Å². The lowest BCUT2D eigenvalue weighted by molar-refractivity contribution is -0.172. The molecule has 0 spiro atoms. The van der Waals surface area contributed by atoms with Crippen molar-refractivity contribution in [2.24, 2.45) is 0 Å². The first kappa shape index (κ1) is 52.4. The van der Waals surface area contributed by atoms with Crippen LogP contribution in [0.15, 0.2) is 96.1 Å². The van der Waals surface area contributed by atoms with Gasteiger partial charge in [0.2, 0.25) is 5.78 Å². The van der Waals surface area contributed by atoms with Gasteiger partial charge in [0.25, 0.3) is 5.79 Å². The number of hydrogen-bond donors (Lipinski definition) is 4. The Morgan fingerprint density at radius 2 is 1.25 bits per heavy atom. The highest BCUT2D eigenvalue weighted by Crippen LogP contribution is 2.51. The van der Waals surface area contributed by atoms with Gasteiger partial charge in [-0.25, -0.2) is 9.59 Å². The first-order valence-corrected chi connectivity index (χ1v) is 24.2. The van der Waals surface area contributed by atoms with E-state index in [0.717, 1.165) is 88.2 Å². The van der Waals surface area contributed by atoms with Crippen LogP contribution in [0.1, 0.15) is 191 Å². The molecule has 7 rings (SSSR count). The van der Waals surface area contributed by atoms with Gasteiger partial charge in [-0.2, -0.15) is 0 Å². The Hall–Kier alpha value is -6.60. The smallest absolute Gasteiger partial charge is 0.345 e. The number of phenols is 3. The van der Waals surface area contributed by atoms with Crippen LogP contribution in [0.2, 0.25) is 0 Å². The number of carboxylic acids is 1. The quantitative estimate of drug-likeness (QED) is 0.0413. The van der Waals surface area contributed by atoms with Gasteiger partial charge in [-0.3, -0.25) is 9.59 Å². The summed E-state index contributed by atoms with van der Waals surface area (Å²) in [6.45, 7) is 11.2. The number of carboxylic acid groups (broad SMARTS) is 1. The summed E-state index contributed by atoms with van der Waals surface area (Å²) in [5, 5.41) is 41.7. The summed E-state index contributed by atoms with van der Waals surface area (Å²) >= 11 is 0. The summed E-state index contributed by atoms with van der Waals surface area (Å²) in [6, 6.07) is 21.8. The van der Waals surface area contributed by atoms with E-state index in [1.807, 2.05) is 61.5 Å². The van der Waals surface area contributed by atoms with Crippen molar-refractivity contribution in [3.8, 4) is 34.8 Å². The van der Waals surface area contributed by atoms with Gasteiger partial charge in [0.1, 0.15) is 39.9 Å². The van der Waals surface area contributed by atoms with Crippen LogP contribution in [0.4, 0.5) is 0 Å². The van der Waals surface area contributed by atoms with Crippen molar-refractivity contribution in [1.29, 1.82) is 0 Å². The summed E-state index contributed by atoms with van der Waals surface area (Å²) in [5.41, 5.74) is 6.51. The van der Waals surface area contributed by atoms with Gasteiger partial charge >= 0.3 is 11.9 Å². The number of fused-ring (bicyclic) bond motifs is 1. The zero-order valence-electron chi connectivity index (χ0n) is 40.6. The van der Waals surface area contributed by atoms with Gasteiger partial charge < -0.3 is 29.9 Å². The molecule has 4 aromatic carbocycles. The number of ether oxygens (including phenoxy) is 2. The Balaban J connectivity index is 0.000000218. The lowest BCUT2D eigenvalue weighted by Gasteiger charge is -2.40. The maximum Gasteiger partial charge on any atom is 0.345 e. The van der Waals surface area contributed by atoms with E-state index < -0.39 is 17.7 Å². The molecular formula is C58H68O10. The van der Waals surface area contributed by atoms with Gasteiger partial charge in [-0.1, -0.05) is 117 Å². The largest absolute Gasteiger partial charge is 0.507 e. The number of unbranched alkanes of at least 4 members (excludes halogenated alkanes) is 4. The normalized spacial score (nSPS) is 18.2. The summed E-state index contributed by atoms with van der Waals surface area (Å²) in [7, 11) is 0. The topological polar surface area (TPSA) is 168 Å². The number of phenolic OH excluding ortho intramolecular Hbond substituents is 2. The van der Waals surface area contributed by atoms with E-state index in [2.05, 4.69) is 38.7 Å². The third-order valence-electron chi connectivity index (χ3n) is 12.6. The summed E-state index contributed by atoms with van der Waals surface area (Å²) in [6.07, 6.45) is 16.8. The van der Waals surface area contributed by atoms with Crippen LogP contribution in [-0.4, -0.2) is 43.9 Å². The Kier molecular flexibility index (Phi) is 19.2. The number of benzene rings is 4. The fraction of sp³-hybridized carbons (Fsp3) is 0.414. The van der Waals surface area contributed by atoms with Crippen molar-refractivity contribution in [3.63, 3.8) is 0 Å². The average Bonchev–Trinajstić information content (AvgIpc) is 3.29. The van der Waals surface area contributed by atoms with Crippen LogP contribution in [0.5, 0.6) is 23.0 Å². The molecule has 0 saturated carbocycles. The molecule has 0 aromatic heterocycles. The highest BCUT2D eigenvalue weighted by molar-refractivity contribution is 5.97. The second-order valence-corrected chi connectivity index (χ2v) is 18.3. The van der Waals surface area contributed by atoms with E-state index in [1.54, 1.807) is 18.2 Å². The van der Waals surface area contributed by atoms with Crippen LogP contribution in [0.3, 0.4) is 0 Å². The number of cyclic esters (lactones) is 1. The van der Waals surface area contributed by atoms with Gasteiger partial charge in [0, 0.05) is 41.0 Å². The van der Waals surface area contributed by atoms with E-state index >= 15 is 0 Å². The Morgan fingerprint density at radius 3 is 1.78 bits per heavy atom. The Bertz CT molecular complexity index is 2540. The molecule has 4 aromatic rings. The number of rotatable bonds is 14. The molecule has 0 amide bonds. The van der Waals surface area contributed by atoms with Crippen molar-refractivity contribution >= 4 is 23.5 Å². The molecule has 4 N–H and O–H groups in total. The SMILES string of the molecule is CC(=O)C#Cc1ccccc1.CCCCCc1cc(O)c(C2C=C(C)CCC2)c(O)c1C(=O)O.CCCCCc1cc(O)c(C2C=C(C)CCC2)c2c1C(=O)OC(CC(C)=O)(c1ccccc1)O2. The second-order valence-electron chi connectivity index (χ2n) is 18.3. The van der Waals surface area contributed by atoms with E-state index in [1.165, 1.54) is 31.1 Å². The minimum atomic E-state index is -1.56. The standard InChI is InChI=1S/C29H34O5.C19H26O4.C10H8O/c1-4-5-7-12-22-17-24(31)25(21-13-10-11-19(2)16-21)27-26(22)28(32)34-29(33-27,18-20(3)30)23-14-8-6-9-15-23;1-3-4-5-8-14-11-15(20)16(18(21)17(14)19(22)23)13-9-6-7-12(2)10-13;1-9(11)7-8-10-5-3-2-4-6-10/h6,8-9,14-17,21,31H,4-5,7,10-13,18H2,1-3H3;10-11,13,20-21H,3-9H2,1-2H3,(H,22,23);2-6H,1H3. The first-order valence-electron chi connectivity index (χ1n) is 24.2. The average molecular weight is 925 g/mol. The zero-order chi connectivity index (χ0) is 49.4. The van der Waals surface area contributed by atoms with Crippen molar-refractivity contribution in [3.05, 3.63) is 141 Å². The Labute approximate surface area is 402 Å². The molecule has 10 heteroatoms.